The zero-order chi connectivity index (χ0) is 49.4. The lowest BCUT2D eigenvalue weighted by Gasteiger charge is -2.27. The molecule has 2 aromatic heterocycles. The molecule has 3 nitrogen and oxygen atoms in total. The predicted octanol–water partition coefficient (Wildman–Crippen LogP) is 18.3. The first-order chi connectivity index (χ1) is 35.6. The van der Waals surface area contributed by atoms with Gasteiger partial charge < -0.3 is 4.57 Å². The lowest BCUT2D eigenvalue weighted by Crippen LogP contribution is -2.19. The Morgan fingerprint density at radius 3 is 1.82 bits per heavy atom. The van der Waals surface area contributed by atoms with Gasteiger partial charge in [-0.2, -0.15) is 0 Å². The average molecular weight is 938 g/mol. The first kappa shape index (κ1) is 44.3. The summed E-state index contributed by atoms with van der Waals surface area (Å²) in [5, 5.41) is 2.46. The molecule has 0 fully saturated rings. The van der Waals surface area contributed by atoms with Crippen LogP contribution in [0.25, 0.3) is 106 Å². The number of aromatic nitrogens is 3. The third-order valence-electron chi connectivity index (χ3n) is 16.0. The fourth-order valence-electron chi connectivity index (χ4n) is 11.9. The number of benzene rings is 9. The number of rotatable bonds is 8. The highest BCUT2D eigenvalue weighted by molar-refractivity contribution is 6.19. The van der Waals surface area contributed by atoms with Gasteiger partial charge in [0.2, 0.25) is 0 Å². The zero-order valence-electron chi connectivity index (χ0n) is 42.0. The number of allylic oxidation sites excluding steroid dienone is 4. The highest BCUT2D eigenvalue weighted by atomic mass is 15.0. The standard InChI is InChI=1S/C70H55N3/c1-45-18-10-11-21-54(45)58-42-50(27-26-46(58)2)55-37-39-65-67(66(55)51-32-38-61-59(43-51)56-22-12-14-24-60(56)69(61,3)4)57-23-13-15-25-64(57)73(65)53-35-30-48(31-36-53)63-44-62(71-68(72-63)49-19-8-6-9-20-49)47-28-33-52(34-29-47)70(5)40-16-7-17-41-70/h6-40,42-44H,41H2,1-5H3. The summed E-state index contributed by atoms with van der Waals surface area (Å²) in [6.45, 7) is 11.5. The second-order valence-electron chi connectivity index (χ2n) is 20.9. The van der Waals surface area contributed by atoms with Crippen LogP contribution in [0.1, 0.15) is 55.0 Å². The fraction of sp³-hybridized carbons (Fsp3) is 0.114. The van der Waals surface area contributed by atoms with Crippen molar-refractivity contribution >= 4 is 21.8 Å². The van der Waals surface area contributed by atoms with Crippen molar-refractivity contribution in [3.05, 3.63) is 258 Å². The van der Waals surface area contributed by atoms with Gasteiger partial charge in [0.25, 0.3) is 0 Å². The van der Waals surface area contributed by atoms with Crippen LogP contribution in [0.2, 0.25) is 0 Å². The molecule has 2 aliphatic carbocycles. The van der Waals surface area contributed by atoms with Gasteiger partial charge in [-0.05, 0) is 135 Å². The second-order valence-corrected chi connectivity index (χ2v) is 20.9. The molecule has 11 aromatic rings. The Morgan fingerprint density at radius 1 is 0.438 bits per heavy atom. The van der Waals surface area contributed by atoms with Crippen LogP contribution in [0.4, 0.5) is 0 Å². The van der Waals surface area contributed by atoms with E-state index in [1.54, 1.807) is 0 Å². The molecule has 2 aliphatic rings. The van der Waals surface area contributed by atoms with Crippen molar-refractivity contribution in [2.75, 3.05) is 0 Å². The van der Waals surface area contributed by atoms with Crippen LogP contribution in [-0.4, -0.2) is 14.5 Å². The van der Waals surface area contributed by atoms with E-state index in [9.17, 15) is 0 Å². The summed E-state index contributed by atoms with van der Waals surface area (Å²) in [6, 6.07) is 75.9. The molecule has 73 heavy (non-hydrogen) atoms. The maximum absolute atomic E-state index is 5.23. The smallest absolute Gasteiger partial charge is 0.160 e. The quantitative estimate of drug-likeness (QED) is 0.152. The number of para-hydroxylation sites is 1. The summed E-state index contributed by atoms with van der Waals surface area (Å²) in [5.74, 6) is 0.706. The van der Waals surface area contributed by atoms with E-state index < -0.39 is 0 Å². The molecule has 0 N–H and O–H groups in total. The van der Waals surface area contributed by atoms with Crippen molar-refractivity contribution < 1.29 is 0 Å². The van der Waals surface area contributed by atoms with Crippen molar-refractivity contribution in [2.45, 2.75) is 51.9 Å². The molecule has 0 saturated carbocycles. The van der Waals surface area contributed by atoms with Crippen molar-refractivity contribution in [3.63, 3.8) is 0 Å². The van der Waals surface area contributed by atoms with Gasteiger partial charge >= 0.3 is 0 Å². The van der Waals surface area contributed by atoms with Crippen LogP contribution in [0.3, 0.4) is 0 Å². The Kier molecular flexibility index (Phi) is 10.5. The normalized spacial score (nSPS) is 15.5. The van der Waals surface area contributed by atoms with Gasteiger partial charge in [-0.1, -0.05) is 209 Å². The molecule has 9 aromatic carbocycles. The SMILES string of the molecule is Cc1ccccc1-c1cc(-c2ccc3c(c2-c2ccc4c(c2)-c2ccccc2C4(C)C)c2ccccc2n3-c2ccc(-c3cc(-c4ccc(C5(C)C=CC=CC5)cc4)nc(-c4ccccc4)n3)cc2)ccc1C. The Morgan fingerprint density at radius 2 is 1.07 bits per heavy atom. The summed E-state index contributed by atoms with van der Waals surface area (Å²) in [4.78, 5) is 10.4. The van der Waals surface area contributed by atoms with E-state index in [0.717, 1.165) is 51.2 Å². The molecule has 2 heterocycles. The number of hydrogen-bond donors (Lipinski definition) is 0. The zero-order valence-corrected chi connectivity index (χ0v) is 42.0. The van der Waals surface area contributed by atoms with E-state index in [-0.39, 0.29) is 10.8 Å². The third-order valence-corrected chi connectivity index (χ3v) is 16.0. The lowest BCUT2D eigenvalue weighted by molar-refractivity contribution is 0.600. The highest BCUT2D eigenvalue weighted by Gasteiger charge is 2.35. The minimum absolute atomic E-state index is 0.0276. The minimum atomic E-state index is -0.0913. The molecule has 350 valence electrons. The van der Waals surface area contributed by atoms with Gasteiger partial charge in [-0.15, -0.1) is 0 Å². The summed E-state index contributed by atoms with van der Waals surface area (Å²) in [5.41, 5.74) is 24.8. The van der Waals surface area contributed by atoms with Crippen molar-refractivity contribution in [1.82, 2.24) is 14.5 Å². The number of hydrogen-bond acceptors (Lipinski definition) is 2. The Labute approximate surface area is 428 Å². The molecule has 0 amide bonds. The van der Waals surface area contributed by atoms with Crippen LogP contribution in [0.15, 0.2) is 231 Å². The molecule has 1 unspecified atom stereocenters. The number of nitrogens with zero attached hydrogens (tertiary/aromatic N) is 3. The van der Waals surface area contributed by atoms with E-state index >= 15 is 0 Å². The average Bonchev–Trinajstić information content (AvgIpc) is 3.89. The van der Waals surface area contributed by atoms with Gasteiger partial charge in [0.05, 0.1) is 22.4 Å². The third kappa shape index (κ3) is 7.41. The molecule has 0 spiro atoms. The van der Waals surface area contributed by atoms with Crippen molar-refractivity contribution in [3.8, 4) is 84.1 Å². The molecular formula is C70H55N3. The van der Waals surface area contributed by atoms with E-state index in [0.29, 0.717) is 5.82 Å². The largest absolute Gasteiger partial charge is 0.309 e. The molecule has 0 radical (unpaired) electrons. The van der Waals surface area contributed by atoms with Gasteiger partial charge in [-0.3, -0.25) is 0 Å². The maximum atomic E-state index is 5.23. The molecule has 13 rings (SSSR count). The predicted molar refractivity (Wildman–Crippen MR) is 306 cm³/mol. The minimum Gasteiger partial charge on any atom is -0.309 e. The van der Waals surface area contributed by atoms with Crippen LogP contribution in [0, 0.1) is 13.8 Å². The monoisotopic (exact) mass is 937 g/mol. The molecule has 1 atom stereocenters. The molecule has 3 heteroatoms. The maximum Gasteiger partial charge on any atom is 0.160 e. The van der Waals surface area contributed by atoms with Gasteiger partial charge in [0, 0.05) is 44.0 Å². The van der Waals surface area contributed by atoms with Gasteiger partial charge in [0.1, 0.15) is 0 Å². The van der Waals surface area contributed by atoms with Gasteiger partial charge in [-0.25, -0.2) is 9.97 Å². The Bertz CT molecular complexity index is 4040. The Balaban J connectivity index is 0.974. The van der Waals surface area contributed by atoms with E-state index in [1.165, 1.54) is 83.1 Å². The van der Waals surface area contributed by atoms with Crippen molar-refractivity contribution in [2.24, 2.45) is 0 Å². The summed E-state index contributed by atoms with van der Waals surface area (Å²) < 4.78 is 2.45. The molecule has 0 aliphatic heterocycles. The van der Waals surface area contributed by atoms with E-state index in [1.807, 2.05) is 6.07 Å². The van der Waals surface area contributed by atoms with Crippen LogP contribution >= 0.6 is 0 Å². The summed E-state index contributed by atoms with van der Waals surface area (Å²) in [7, 11) is 0. The first-order valence-corrected chi connectivity index (χ1v) is 25.6. The molecule has 0 saturated heterocycles. The first-order valence-electron chi connectivity index (χ1n) is 25.6. The molecule has 0 bridgehead atoms. The van der Waals surface area contributed by atoms with Gasteiger partial charge in [0.15, 0.2) is 5.82 Å². The summed E-state index contributed by atoms with van der Waals surface area (Å²) in [6.07, 6.45) is 9.83. The van der Waals surface area contributed by atoms with E-state index in [4.69, 9.17) is 9.97 Å². The topological polar surface area (TPSA) is 30.7 Å². The number of fused-ring (bicyclic) bond motifs is 6. The van der Waals surface area contributed by atoms with Crippen molar-refractivity contribution in [1.29, 1.82) is 0 Å². The second kappa shape index (κ2) is 17.3. The lowest BCUT2D eigenvalue weighted by atomic mass is 9.77. The Hall–Kier alpha value is -8.66. The van der Waals surface area contributed by atoms with E-state index in [2.05, 4.69) is 264 Å². The summed E-state index contributed by atoms with van der Waals surface area (Å²) >= 11 is 0. The highest BCUT2D eigenvalue weighted by Crippen LogP contribution is 2.52. The molecular weight excluding hydrogens is 883 g/mol. The van der Waals surface area contributed by atoms with Crippen LogP contribution < -0.4 is 0 Å². The number of aryl methyl sites for hydroxylation is 2. The van der Waals surface area contributed by atoms with Crippen LogP contribution in [-0.2, 0) is 10.8 Å². The van der Waals surface area contributed by atoms with Crippen LogP contribution in [0.5, 0.6) is 0 Å². The fourth-order valence-corrected chi connectivity index (χ4v) is 11.9.